The van der Waals surface area contributed by atoms with Crippen LogP contribution in [-0.2, 0) is 14.3 Å². The predicted molar refractivity (Wildman–Crippen MR) is 173 cm³/mol. The topological polar surface area (TPSA) is 83.8 Å². The molecule has 0 aliphatic rings. The van der Waals surface area contributed by atoms with Gasteiger partial charge in [0, 0.05) is 12.8 Å². The number of carbonyl (C=O) groups is 2. The SMILES string of the molecule is CCCCCC[C@@H](O)CC=CCCCCCCCC(=O)OCCCCCCCCCCCCCCCCCC(=O)O. The lowest BCUT2D eigenvalue weighted by Gasteiger charge is -2.07. The number of allylic oxidation sites excluding steroid dienone is 1. The second-order valence-electron chi connectivity index (χ2n) is 12.2. The Morgan fingerprint density at radius 3 is 1.59 bits per heavy atom. The van der Waals surface area contributed by atoms with Crippen molar-refractivity contribution in [3.05, 3.63) is 12.2 Å². The fourth-order valence-electron chi connectivity index (χ4n) is 5.29. The molecule has 5 nitrogen and oxygen atoms in total. The van der Waals surface area contributed by atoms with Crippen molar-refractivity contribution in [1.29, 1.82) is 0 Å². The van der Waals surface area contributed by atoms with Gasteiger partial charge in [0.1, 0.15) is 0 Å². The molecule has 0 fully saturated rings. The minimum Gasteiger partial charge on any atom is -0.481 e. The molecule has 1 atom stereocenters. The van der Waals surface area contributed by atoms with Crippen molar-refractivity contribution < 1.29 is 24.5 Å². The number of carbonyl (C=O) groups excluding carboxylic acids is 1. The molecule has 0 spiro atoms. The van der Waals surface area contributed by atoms with Gasteiger partial charge in [-0.1, -0.05) is 147 Å². The van der Waals surface area contributed by atoms with Gasteiger partial charge in [-0.3, -0.25) is 9.59 Å². The van der Waals surface area contributed by atoms with Gasteiger partial charge in [-0.05, 0) is 44.9 Å². The molecule has 242 valence electrons. The largest absolute Gasteiger partial charge is 0.481 e. The number of hydrogen-bond donors (Lipinski definition) is 2. The van der Waals surface area contributed by atoms with Crippen LogP contribution in [-0.4, -0.2) is 34.9 Å². The van der Waals surface area contributed by atoms with Gasteiger partial charge >= 0.3 is 11.9 Å². The van der Waals surface area contributed by atoms with E-state index >= 15 is 0 Å². The summed E-state index contributed by atoms with van der Waals surface area (Å²) in [4.78, 5) is 22.4. The quantitative estimate of drug-likeness (QED) is 0.0458. The number of aliphatic hydroxyl groups excluding tert-OH is 1. The molecule has 2 N–H and O–H groups in total. The number of carboxylic acids is 1. The maximum Gasteiger partial charge on any atom is 0.305 e. The Hall–Kier alpha value is -1.36. The molecular weight excluding hydrogens is 512 g/mol. The summed E-state index contributed by atoms with van der Waals surface area (Å²) in [5.41, 5.74) is 0. The molecule has 5 heteroatoms. The lowest BCUT2D eigenvalue weighted by molar-refractivity contribution is -0.144. The molecule has 0 aliphatic carbocycles. The Morgan fingerprint density at radius 2 is 1.05 bits per heavy atom. The van der Waals surface area contributed by atoms with Crippen LogP contribution < -0.4 is 0 Å². The van der Waals surface area contributed by atoms with Crippen LogP contribution in [0.2, 0.25) is 0 Å². The third kappa shape index (κ3) is 34.7. The highest BCUT2D eigenvalue weighted by Crippen LogP contribution is 2.14. The van der Waals surface area contributed by atoms with E-state index in [-0.39, 0.29) is 12.1 Å². The van der Waals surface area contributed by atoms with Crippen LogP contribution in [0.25, 0.3) is 0 Å². The minimum atomic E-state index is -0.671. The van der Waals surface area contributed by atoms with Crippen LogP contribution in [0.4, 0.5) is 0 Å². The minimum absolute atomic E-state index is 0.0284. The van der Waals surface area contributed by atoms with E-state index in [0.717, 1.165) is 64.2 Å². The summed E-state index contributed by atoms with van der Waals surface area (Å²) in [5, 5.41) is 18.6. The van der Waals surface area contributed by atoms with E-state index in [1.54, 1.807) is 0 Å². The fraction of sp³-hybridized carbons (Fsp3) is 0.889. The van der Waals surface area contributed by atoms with Crippen LogP contribution in [0.3, 0.4) is 0 Å². The Kier molecular flexibility index (Phi) is 32.0. The van der Waals surface area contributed by atoms with Crippen LogP contribution in [0.5, 0.6) is 0 Å². The lowest BCUT2D eigenvalue weighted by Crippen LogP contribution is -2.05. The first-order valence-corrected chi connectivity index (χ1v) is 17.8. The first kappa shape index (κ1) is 39.6. The summed E-state index contributed by atoms with van der Waals surface area (Å²) in [7, 11) is 0. The van der Waals surface area contributed by atoms with Gasteiger partial charge in [-0.15, -0.1) is 0 Å². The average molecular weight is 581 g/mol. The van der Waals surface area contributed by atoms with Gasteiger partial charge in [0.2, 0.25) is 0 Å². The standard InChI is InChI=1S/C36H68O5/c1-2-3-4-24-29-34(37)30-25-20-16-13-14-18-22-27-32-36(40)41-33-28-23-19-15-11-9-7-5-6-8-10-12-17-21-26-31-35(38)39/h20,25,34,37H,2-19,21-24,26-33H2,1H3,(H,38,39)/t34-/m1/s1. The zero-order valence-electron chi connectivity index (χ0n) is 27.1. The smallest absolute Gasteiger partial charge is 0.305 e. The molecule has 0 saturated heterocycles. The third-order valence-corrected chi connectivity index (χ3v) is 8.02. The maximum absolute atomic E-state index is 11.9. The van der Waals surface area contributed by atoms with E-state index in [1.165, 1.54) is 109 Å². The van der Waals surface area contributed by atoms with E-state index in [4.69, 9.17) is 9.84 Å². The molecule has 0 aromatic heterocycles. The fourth-order valence-corrected chi connectivity index (χ4v) is 5.29. The highest BCUT2D eigenvalue weighted by Gasteiger charge is 2.03. The lowest BCUT2D eigenvalue weighted by atomic mass is 10.0. The monoisotopic (exact) mass is 581 g/mol. The average Bonchev–Trinajstić information content (AvgIpc) is 2.95. The summed E-state index contributed by atoms with van der Waals surface area (Å²) in [5.74, 6) is -0.699. The van der Waals surface area contributed by atoms with E-state index in [1.807, 2.05) is 0 Å². The molecule has 0 aromatic rings. The Morgan fingerprint density at radius 1 is 0.585 bits per heavy atom. The second-order valence-corrected chi connectivity index (χ2v) is 12.2. The molecule has 0 rings (SSSR count). The van der Waals surface area contributed by atoms with Crippen LogP contribution in [0.1, 0.15) is 193 Å². The van der Waals surface area contributed by atoms with Gasteiger partial charge in [0.15, 0.2) is 0 Å². The normalized spacial score (nSPS) is 12.2. The Labute approximate surface area is 254 Å². The van der Waals surface area contributed by atoms with Gasteiger partial charge in [-0.2, -0.15) is 0 Å². The number of hydrogen-bond acceptors (Lipinski definition) is 4. The molecular formula is C36H68O5. The number of aliphatic hydroxyl groups is 1. The number of rotatable bonds is 33. The molecule has 0 saturated carbocycles. The number of unbranched alkanes of at least 4 members (excludes halogenated alkanes) is 22. The third-order valence-electron chi connectivity index (χ3n) is 8.02. The van der Waals surface area contributed by atoms with E-state index in [2.05, 4.69) is 19.1 Å². The van der Waals surface area contributed by atoms with Gasteiger partial charge in [0.25, 0.3) is 0 Å². The van der Waals surface area contributed by atoms with Crippen LogP contribution in [0, 0.1) is 0 Å². The van der Waals surface area contributed by atoms with Crippen molar-refractivity contribution in [3.8, 4) is 0 Å². The molecule has 0 aromatic carbocycles. The van der Waals surface area contributed by atoms with Crippen LogP contribution in [0.15, 0.2) is 12.2 Å². The van der Waals surface area contributed by atoms with Gasteiger partial charge in [0.05, 0.1) is 12.7 Å². The number of ether oxygens (including phenoxy) is 1. The Bertz CT molecular complexity index is 589. The second kappa shape index (κ2) is 33.1. The maximum atomic E-state index is 11.9. The van der Waals surface area contributed by atoms with Gasteiger partial charge < -0.3 is 14.9 Å². The number of esters is 1. The zero-order chi connectivity index (χ0) is 30.1. The van der Waals surface area contributed by atoms with E-state index in [0.29, 0.717) is 19.4 Å². The summed E-state index contributed by atoms with van der Waals surface area (Å²) < 4.78 is 5.41. The molecule has 0 amide bonds. The van der Waals surface area contributed by atoms with Crippen molar-refractivity contribution in [2.45, 2.75) is 199 Å². The van der Waals surface area contributed by atoms with E-state index in [9.17, 15) is 14.7 Å². The highest BCUT2D eigenvalue weighted by molar-refractivity contribution is 5.69. The summed E-state index contributed by atoms with van der Waals surface area (Å²) in [6, 6.07) is 0. The van der Waals surface area contributed by atoms with Crippen molar-refractivity contribution in [3.63, 3.8) is 0 Å². The molecule has 0 heterocycles. The summed E-state index contributed by atoms with van der Waals surface area (Å²) >= 11 is 0. The van der Waals surface area contributed by atoms with E-state index < -0.39 is 5.97 Å². The van der Waals surface area contributed by atoms with Crippen LogP contribution >= 0.6 is 0 Å². The summed E-state index contributed by atoms with van der Waals surface area (Å²) in [6.45, 7) is 2.79. The number of aliphatic carboxylic acids is 1. The molecule has 0 aliphatic heterocycles. The molecule has 0 bridgehead atoms. The zero-order valence-corrected chi connectivity index (χ0v) is 27.1. The van der Waals surface area contributed by atoms with Crippen molar-refractivity contribution in [1.82, 2.24) is 0 Å². The van der Waals surface area contributed by atoms with Crippen molar-refractivity contribution in [2.24, 2.45) is 0 Å². The highest BCUT2D eigenvalue weighted by atomic mass is 16.5. The van der Waals surface area contributed by atoms with Crippen molar-refractivity contribution >= 4 is 11.9 Å². The first-order chi connectivity index (χ1) is 20.1. The molecule has 0 unspecified atom stereocenters. The first-order valence-electron chi connectivity index (χ1n) is 17.8. The van der Waals surface area contributed by atoms with Crippen molar-refractivity contribution in [2.75, 3.05) is 6.61 Å². The number of carboxylic acid groups (broad SMARTS) is 1. The predicted octanol–water partition coefficient (Wildman–Crippen LogP) is 10.9. The summed E-state index contributed by atoms with van der Waals surface area (Å²) in [6.07, 6.45) is 36.7. The molecule has 0 radical (unpaired) electrons. The Balaban J connectivity index is 3.25. The molecule has 41 heavy (non-hydrogen) atoms. The van der Waals surface area contributed by atoms with Gasteiger partial charge in [-0.25, -0.2) is 0 Å².